The van der Waals surface area contributed by atoms with Crippen LogP contribution in [-0.2, 0) is 0 Å². The van der Waals surface area contributed by atoms with E-state index < -0.39 is 5.69 Å². The number of piperidine rings is 1. The fourth-order valence-electron chi connectivity index (χ4n) is 4.33. The van der Waals surface area contributed by atoms with Crippen LogP contribution in [-0.4, -0.2) is 48.3 Å². The van der Waals surface area contributed by atoms with Gasteiger partial charge in [0.05, 0.1) is 10.9 Å². The monoisotopic (exact) mass is 456 g/mol. The zero-order valence-electron chi connectivity index (χ0n) is 18.7. The predicted molar refractivity (Wildman–Crippen MR) is 128 cm³/mol. The van der Waals surface area contributed by atoms with E-state index in [0.29, 0.717) is 21.4 Å². The fraction of sp³-hybridized carbons (Fsp3) is 0.240. The third-order valence-electron chi connectivity index (χ3n) is 6.14. The summed E-state index contributed by atoms with van der Waals surface area (Å²) >= 11 is 0. The predicted octanol–water partition coefficient (Wildman–Crippen LogP) is 3.85. The van der Waals surface area contributed by atoms with Gasteiger partial charge in [0.15, 0.2) is 5.65 Å². The van der Waals surface area contributed by atoms with Crippen molar-refractivity contribution in [2.45, 2.75) is 32.2 Å². The normalized spacial score (nSPS) is 15.9. The van der Waals surface area contributed by atoms with Crippen LogP contribution in [0, 0.1) is 0 Å². The smallest absolute Gasteiger partial charge is 0.384 e. The van der Waals surface area contributed by atoms with Crippen molar-refractivity contribution in [1.29, 1.82) is 0 Å². The van der Waals surface area contributed by atoms with Crippen LogP contribution in [0.4, 0.5) is 11.5 Å². The molecule has 0 spiro atoms. The van der Waals surface area contributed by atoms with E-state index in [9.17, 15) is 14.8 Å². The Balaban J connectivity index is 1.45. The molecule has 4 heterocycles. The SMILES string of the molecule is CC1CCCCN1C(=O)c1cncc(-c2cccc(Nc3nc(=O)n(O)c4ncccc34)c2)c1. The van der Waals surface area contributed by atoms with Crippen molar-refractivity contribution in [3.63, 3.8) is 0 Å². The number of nitrogens with one attached hydrogen (secondary N) is 1. The van der Waals surface area contributed by atoms with Crippen LogP contribution >= 0.6 is 0 Å². The van der Waals surface area contributed by atoms with E-state index in [1.54, 1.807) is 24.5 Å². The first kappa shape index (κ1) is 21.6. The van der Waals surface area contributed by atoms with Gasteiger partial charge in [-0.25, -0.2) is 9.78 Å². The molecular weight excluding hydrogens is 432 g/mol. The Morgan fingerprint density at radius 1 is 1.12 bits per heavy atom. The van der Waals surface area contributed by atoms with Crippen molar-refractivity contribution in [3.05, 3.63) is 77.1 Å². The lowest BCUT2D eigenvalue weighted by molar-refractivity contribution is 0.0635. The van der Waals surface area contributed by atoms with Crippen LogP contribution in [0.1, 0.15) is 36.5 Å². The highest BCUT2D eigenvalue weighted by Crippen LogP contribution is 2.27. The van der Waals surface area contributed by atoms with E-state index in [0.717, 1.165) is 36.9 Å². The number of nitrogens with zero attached hydrogens (tertiary/aromatic N) is 5. The summed E-state index contributed by atoms with van der Waals surface area (Å²) in [6.45, 7) is 2.86. The molecule has 1 aliphatic heterocycles. The van der Waals surface area contributed by atoms with Gasteiger partial charge in [-0.1, -0.05) is 12.1 Å². The highest BCUT2D eigenvalue weighted by molar-refractivity contribution is 5.95. The van der Waals surface area contributed by atoms with Crippen molar-refractivity contribution in [3.8, 4) is 11.1 Å². The van der Waals surface area contributed by atoms with Crippen LogP contribution in [0.3, 0.4) is 0 Å². The van der Waals surface area contributed by atoms with E-state index >= 15 is 0 Å². The number of benzene rings is 1. The number of fused-ring (bicyclic) bond motifs is 1. The first-order chi connectivity index (χ1) is 16.5. The molecule has 1 fully saturated rings. The molecule has 0 radical (unpaired) electrons. The molecule has 34 heavy (non-hydrogen) atoms. The number of amides is 1. The lowest BCUT2D eigenvalue weighted by Crippen LogP contribution is -2.42. The molecule has 0 bridgehead atoms. The Morgan fingerprint density at radius 3 is 2.85 bits per heavy atom. The highest BCUT2D eigenvalue weighted by atomic mass is 16.5. The van der Waals surface area contributed by atoms with Gasteiger partial charge in [0, 0.05) is 42.4 Å². The second-order valence-electron chi connectivity index (χ2n) is 8.44. The summed E-state index contributed by atoms with van der Waals surface area (Å²) in [5, 5.41) is 13.6. The van der Waals surface area contributed by atoms with Gasteiger partial charge in [-0.2, -0.15) is 4.98 Å². The van der Waals surface area contributed by atoms with E-state index in [4.69, 9.17) is 0 Å². The number of aromatic nitrogens is 4. The quantitative estimate of drug-likeness (QED) is 0.449. The number of pyridine rings is 2. The zero-order valence-corrected chi connectivity index (χ0v) is 18.7. The highest BCUT2D eigenvalue weighted by Gasteiger charge is 2.24. The average molecular weight is 457 g/mol. The van der Waals surface area contributed by atoms with Crippen LogP contribution in [0.5, 0.6) is 0 Å². The lowest BCUT2D eigenvalue weighted by atomic mass is 10.0. The minimum absolute atomic E-state index is 0.00330. The van der Waals surface area contributed by atoms with Gasteiger partial charge in [-0.3, -0.25) is 9.78 Å². The van der Waals surface area contributed by atoms with E-state index in [1.165, 1.54) is 6.20 Å². The van der Waals surface area contributed by atoms with E-state index in [2.05, 4.69) is 27.2 Å². The second-order valence-corrected chi connectivity index (χ2v) is 8.44. The van der Waals surface area contributed by atoms with Crippen LogP contribution < -0.4 is 11.0 Å². The molecule has 1 aromatic carbocycles. The number of carbonyl (C=O) groups is 1. The Kier molecular flexibility index (Phi) is 5.67. The van der Waals surface area contributed by atoms with Crippen molar-refractivity contribution in [2.75, 3.05) is 11.9 Å². The number of anilines is 2. The summed E-state index contributed by atoms with van der Waals surface area (Å²) < 4.78 is 0.425. The average Bonchev–Trinajstić information content (AvgIpc) is 2.87. The Bertz CT molecular complexity index is 1430. The van der Waals surface area contributed by atoms with Gasteiger partial charge in [0.2, 0.25) is 0 Å². The third kappa shape index (κ3) is 4.07. The number of rotatable bonds is 4. The molecule has 1 amide bonds. The molecule has 1 aliphatic rings. The summed E-state index contributed by atoms with van der Waals surface area (Å²) in [6, 6.07) is 13.0. The Hall–Kier alpha value is -4.27. The van der Waals surface area contributed by atoms with Crippen molar-refractivity contribution in [2.24, 2.45) is 0 Å². The van der Waals surface area contributed by atoms with Gasteiger partial charge >= 0.3 is 5.69 Å². The van der Waals surface area contributed by atoms with Crippen LogP contribution in [0.25, 0.3) is 22.2 Å². The van der Waals surface area contributed by atoms with Crippen LogP contribution in [0.15, 0.2) is 65.8 Å². The molecule has 1 saturated heterocycles. The molecule has 1 unspecified atom stereocenters. The van der Waals surface area contributed by atoms with Gasteiger partial charge in [0.25, 0.3) is 5.91 Å². The Morgan fingerprint density at radius 2 is 2.00 bits per heavy atom. The summed E-state index contributed by atoms with van der Waals surface area (Å²) in [7, 11) is 0. The molecule has 3 aromatic heterocycles. The zero-order chi connectivity index (χ0) is 23.7. The molecule has 1 atom stereocenters. The van der Waals surface area contributed by atoms with Gasteiger partial charge < -0.3 is 15.4 Å². The van der Waals surface area contributed by atoms with Gasteiger partial charge in [0.1, 0.15) is 5.82 Å². The fourth-order valence-corrected chi connectivity index (χ4v) is 4.33. The third-order valence-corrected chi connectivity index (χ3v) is 6.14. The van der Waals surface area contributed by atoms with E-state index in [-0.39, 0.29) is 23.4 Å². The molecule has 0 aliphatic carbocycles. The van der Waals surface area contributed by atoms with Crippen molar-refractivity contribution >= 4 is 28.4 Å². The largest absolute Gasteiger partial charge is 0.422 e. The van der Waals surface area contributed by atoms with Gasteiger partial charge in [-0.15, -0.1) is 4.73 Å². The molecular formula is C25H24N6O3. The lowest BCUT2D eigenvalue weighted by Gasteiger charge is -2.33. The Labute approximate surface area is 195 Å². The molecule has 2 N–H and O–H groups in total. The summed E-state index contributed by atoms with van der Waals surface area (Å²) in [5.74, 6) is 0.292. The number of hydrogen-bond donors (Lipinski definition) is 2. The molecule has 9 nitrogen and oxygen atoms in total. The summed E-state index contributed by atoms with van der Waals surface area (Å²) in [6.07, 6.45) is 8.02. The maximum atomic E-state index is 13.1. The molecule has 5 rings (SSSR count). The number of likely N-dealkylation sites (tertiary alicyclic amines) is 1. The van der Waals surface area contributed by atoms with Crippen molar-refractivity contribution in [1.82, 2.24) is 24.6 Å². The number of hydrogen-bond acceptors (Lipinski definition) is 7. The summed E-state index contributed by atoms with van der Waals surface area (Å²) in [5.41, 5.74) is 2.21. The minimum Gasteiger partial charge on any atom is -0.422 e. The maximum Gasteiger partial charge on any atom is 0.384 e. The van der Waals surface area contributed by atoms with Crippen molar-refractivity contribution < 1.29 is 10.0 Å². The molecule has 4 aromatic rings. The molecule has 0 saturated carbocycles. The second kappa shape index (κ2) is 8.93. The maximum absolute atomic E-state index is 13.1. The first-order valence-corrected chi connectivity index (χ1v) is 11.2. The minimum atomic E-state index is -0.827. The van der Waals surface area contributed by atoms with Gasteiger partial charge in [-0.05, 0) is 62.1 Å². The summed E-state index contributed by atoms with van der Waals surface area (Å²) in [4.78, 5) is 39.4. The molecule has 9 heteroatoms. The molecule has 172 valence electrons. The standard InChI is InChI=1S/C25H24N6O3/c1-16-6-2-3-11-30(16)24(32)19-12-18(14-26-15-19)17-7-4-8-20(13-17)28-22-21-9-5-10-27-23(21)31(34)25(33)29-22/h4-5,7-10,12-16,34H,2-3,6,11H2,1H3,(H,28,29,33). The topological polar surface area (TPSA) is 113 Å². The van der Waals surface area contributed by atoms with Crippen LogP contribution in [0.2, 0.25) is 0 Å². The first-order valence-electron chi connectivity index (χ1n) is 11.2. The van der Waals surface area contributed by atoms with E-state index in [1.807, 2.05) is 35.2 Å². The number of carbonyl (C=O) groups excluding carboxylic acids is 1.